The molecule has 0 heterocycles. The summed E-state index contributed by atoms with van der Waals surface area (Å²) in [6.45, 7) is 0.590. The summed E-state index contributed by atoms with van der Waals surface area (Å²) in [6.07, 6.45) is 1.24. The summed E-state index contributed by atoms with van der Waals surface area (Å²) < 4.78 is 4.52. The number of amides is 1. The van der Waals surface area contributed by atoms with Crippen LogP contribution >= 0.6 is 11.6 Å². The van der Waals surface area contributed by atoms with Gasteiger partial charge in [0.25, 0.3) is 0 Å². The highest BCUT2D eigenvalue weighted by atomic mass is 35.5. The van der Waals surface area contributed by atoms with Gasteiger partial charge in [0, 0.05) is 25.0 Å². The number of nitrogens with two attached hydrogens (primary N) is 1. The number of ether oxygens (including phenoxy) is 1. The Labute approximate surface area is 130 Å². The molecule has 1 amide bonds. The predicted molar refractivity (Wildman–Crippen MR) is 82.0 cm³/mol. The Hall–Kier alpha value is -1.59. The largest absolute Gasteiger partial charge is 0.468 e. The Bertz CT molecular complexity index is 494. The van der Waals surface area contributed by atoms with E-state index in [1.807, 2.05) is 24.3 Å². The van der Waals surface area contributed by atoms with E-state index in [2.05, 4.69) is 4.74 Å². The molecular formula is C15H21ClN2O3. The molecule has 1 rings (SSSR count). The first-order chi connectivity index (χ1) is 9.93. The van der Waals surface area contributed by atoms with Crippen molar-refractivity contribution < 1.29 is 14.3 Å². The SMILES string of the molecule is COC(=O)[C@@H](N)CCC(=O)N(C)CCc1cccc(Cl)c1. The van der Waals surface area contributed by atoms with Gasteiger partial charge in [-0.25, -0.2) is 0 Å². The first kappa shape index (κ1) is 17.5. The molecule has 116 valence electrons. The molecule has 0 fully saturated rings. The highest BCUT2D eigenvalue weighted by Crippen LogP contribution is 2.11. The molecule has 0 aromatic heterocycles. The van der Waals surface area contributed by atoms with Gasteiger partial charge in [-0.05, 0) is 30.5 Å². The third kappa shape index (κ3) is 6.14. The van der Waals surface area contributed by atoms with E-state index in [1.54, 1.807) is 11.9 Å². The lowest BCUT2D eigenvalue weighted by atomic mass is 10.1. The molecule has 0 unspecified atom stereocenters. The Morgan fingerprint density at radius 3 is 2.76 bits per heavy atom. The summed E-state index contributed by atoms with van der Waals surface area (Å²) in [5.74, 6) is -0.541. The van der Waals surface area contributed by atoms with E-state index in [9.17, 15) is 9.59 Å². The molecule has 0 saturated carbocycles. The number of hydrogen-bond acceptors (Lipinski definition) is 4. The zero-order valence-corrected chi connectivity index (χ0v) is 13.1. The molecule has 0 aliphatic carbocycles. The van der Waals surface area contributed by atoms with Crippen molar-refractivity contribution in [2.24, 2.45) is 5.73 Å². The second-order valence-electron chi connectivity index (χ2n) is 4.86. The normalized spacial score (nSPS) is 11.8. The van der Waals surface area contributed by atoms with Gasteiger partial charge in [-0.15, -0.1) is 0 Å². The molecule has 1 aromatic rings. The molecule has 0 aliphatic rings. The van der Waals surface area contributed by atoms with Crippen LogP contribution in [0.3, 0.4) is 0 Å². The number of nitrogens with zero attached hydrogens (tertiary/aromatic N) is 1. The smallest absolute Gasteiger partial charge is 0.322 e. The molecule has 1 atom stereocenters. The van der Waals surface area contributed by atoms with Gasteiger partial charge in [0.15, 0.2) is 0 Å². The van der Waals surface area contributed by atoms with Crippen LogP contribution in [0.15, 0.2) is 24.3 Å². The minimum atomic E-state index is -0.750. The Morgan fingerprint density at radius 2 is 2.14 bits per heavy atom. The number of methoxy groups -OCH3 is 1. The lowest BCUT2D eigenvalue weighted by Gasteiger charge is -2.18. The molecule has 0 radical (unpaired) electrons. The number of likely N-dealkylation sites (N-methyl/N-ethyl adjacent to an activating group) is 1. The third-order valence-corrected chi connectivity index (χ3v) is 3.46. The standard InChI is InChI=1S/C15H21ClN2O3/c1-18(9-8-11-4-3-5-12(16)10-11)14(19)7-6-13(17)15(20)21-2/h3-5,10,13H,6-9,17H2,1-2H3/t13-/m0/s1. The number of carbonyl (C=O) groups excluding carboxylic acids is 2. The molecule has 1 aromatic carbocycles. The average molecular weight is 313 g/mol. The average Bonchev–Trinajstić information content (AvgIpc) is 2.49. The summed E-state index contributed by atoms with van der Waals surface area (Å²) in [5.41, 5.74) is 6.68. The van der Waals surface area contributed by atoms with E-state index in [0.29, 0.717) is 11.6 Å². The highest BCUT2D eigenvalue weighted by Gasteiger charge is 2.17. The molecular weight excluding hydrogens is 292 g/mol. The van der Waals surface area contributed by atoms with E-state index in [0.717, 1.165) is 12.0 Å². The van der Waals surface area contributed by atoms with Gasteiger partial charge in [0.2, 0.25) is 5.91 Å². The minimum absolute atomic E-state index is 0.0450. The van der Waals surface area contributed by atoms with Crippen molar-refractivity contribution >= 4 is 23.5 Å². The molecule has 0 bridgehead atoms. The van der Waals surface area contributed by atoms with E-state index in [-0.39, 0.29) is 18.7 Å². The lowest BCUT2D eigenvalue weighted by Crippen LogP contribution is -2.34. The second-order valence-corrected chi connectivity index (χ2v) is 5.30. The first-order valence-corrected chi connectivity index (χ1v) is 7.13. The van der Waals surface area contributed by atoms with E-state index in [1.165, 1.54) is 7.11 Å². The van der Waals surface area contributed by atoms with Gasteiger partial charge in [-0.1, -0.05) is 23.7 Å². The molecule has 21 heavy (non-hydrogen) atoms. The fraction of sp³-hybridized carbons (Fsp3) is 0.467. The van der Waals surface area contributed by atoms with Crippen molar-refractivity contribution in [3.63, 3.8) is 0 Å². The van der Waals surface area contributed by atoms with Crippen LogP contribution in [0.1, 0.15) is 18.4 Å². The Kier molecular flexibility index (Phi) is 7.19. The van der Waals surface area contributed by atoms with E-state index in [4.69, 9.17) is 17.3 Å². The maximum Gasteiger partial charge on any atom is 0.322 e. The van der Waals surface area contributed by atoms with Crippen molar-refractivity contribution in [3.05, 3.63) is 34.9 Å². The Morgan fingerprint density at radius 1 is 1.43 bits per heavy atom. The van der Waals surface area contributed by atoms with E-state index >= 15 is 0 Å². The van der Waals surface area contributed by atoms with Crippen LogP contribution in [-0.2, 0) is 20.7 Å². The number of halogens is 1. The van der Waals surface area contributed by atoms with Gasteiger partial charge >= 0.3 is 5.97 Å². The zero-order chi connectivity index (χ0) is 15.8. The van der Waals surface area contributed by atoms with Gasteiger partial charge in [0.05, 0.1) is 7.11 Å². The van der Waals surface area contributed by atoms with Crippen LogP contribution in [0, 0.1) is 0 Å². The zero-order valence-electron chi connectivity index (χ0n) is 12.3. The van der Waals surface area contributed by atoms with Gasteiger partial charge in [-0.2, -0.15) is 0 Å². The number of carbonyl (C=O) groups is 2. The van der Waals surface area contributed by atoms with Crippen molar-refractivity contribution in [1.82, 2.24) is 4.90 Å². The summed E-state index contributed by atoms with van der Waals surface area (Å²) in [7, 11) is 3.01. The summed E-state index contributed by atoms with van der Waals surface area (Å²) >= 11 is 5.91. The first-order valence-electron chi connectivity index (χ1n) is 6.76. The molecule has 2 N–H and O–H groups in total. The van der Waals surface area contributed by atoms with Crippen molar-refractivity contribution in [2.45, 2.75) is 25.3 Å². The third-order valence-electron chi connectivity index (χ3n) is 3.22. The van der Waals surface area contributed by atoms with Gasteiger partial charge in [-0.3, -0.25) is 9.59 Å². The molecule has 0 saturated heterocycles. The summed E-state index contributed by atoms with van der Waals surface area (Å²) in [6, 6.07) is 6.80. The van der Waals surface area contributed by atoms with Crippen molar-refractivity contribution in [2.75, 3.05) is 20.7 Å². The number of esters is 1. The van der Waals surface area contributed by atoms with Gasteiger partial charge in [0.1, 0.15) is 6.04 Å². The van der Waals surface area contributed by atoms with Crippen molar-refractivity contribution in [1.29, 1.82) is 0 Å². The monoisotopic (exact) mass is 312 g/mol. The number of hydrogen-bond donors (Lipinski definition) is 1. The fourth-order valence-electron chi connectivity index (χ4n) is 1.85. The van der Waals surface area contributed by atoms with Crippen molar-refractivity contribution in [3.8, 4) is 0 Å². The van der Waals surface area contributed by atoms with Crippen LogP contribution in [0.2, 0.25) is 5.02 Å². The van der Waals surface area contributed by atoms with Crippen LogP contribution in [0.4, 0.5) is 0 Å². The number of rotatable bonds is 7. The van der Waals surface area contributed by atoms with E-state index < -0.39 is 12.0 Å². The van der Waals surface area contributed by atoms with Gasteiger partial charge < -0.3 is 15.4 Å². The fourth-order valence-corrected chi connectivity index (χ4v) is 2.07. The quantitative estimate of drug-likeness (QED) is 0.777. The number of benzene rings is 1. The lowest BCUT2D eigenvalue weighted by molar-refractivity contribution is -0.142. The molecule has 5 nitrogen and oxygen atoms in total. The Balaban J connectivity index is 2.36. The summed E-state index contributed by atoms with van der Waals surface area (Å²) in [4.78, 5) is 24.7. The summed E-state index contributed by atoms with van der Waals surface area (Å²) in [5, 5.41) is 0.686. The predicted octanol–water partition coefficient (Wildman–Crippen LogP) is 1.62. The topological polar surface area (TPSA) is 72.6 Å². The molecule has 6 heteroatoms. The highest BCUT2D eigenvalue weighted by molar-refractivity contribution is 6.30. The molecule has 0 spiro atoms. The second kappa shape index (κ2) is 8.64. The maximum absolute atomic E-state index is 11.9. The molecule has 0 aliphatic heterocycles. The van der Waals surface area contributed by atoms with Crippen LogP contribution < -0.4 is 5.73 Å². The van der Waals surface area contributed by atoms with Crippen LogP contribution in [0.5, 0.6) is 0 Å². The maximum atomic E-state index is 11.9. The minimum Gasteiger partial charge on any atom is -0.468 e. The van der Waals surface area contributed by atoms with Crippen LogP contribution in [0.25, 0.3) is 0 Å². The van der Waals surface area contributed by atoms with Crippen LogP contribution in [-0.4, -0.2) is 43.5 Å².